The molecular formula is C12H18N6O2. The molecule has 3 N–H and O–H groups in total. The van der Waals surface area contributed by atoms with Crippen molar-refractivity contribution < 1.29 is 10.0 Å². The second kappa shape index (κ2) is 4.77. The first kappa shape index (κ1) is 12.9. The smallest absolute Gasteiger partial charge is 0.236 e. The number of rotatable bonds is 2. The van der Waals surface area contributed by atoms with Crippen molar-refractivity contribution in [3.63, 3.8) is 0 Å². The van der Waals surface area contributed by atoms with Crippen LogP contribution >= 0.6 is 0 Å². The quantitative estimate of drug-likeness (QED) is 0.340. The standard InChI is InChI=1S/C12H18N6O2/c13-10(16-20)12(3-1-2-4-12)11(19)17-5-6-18-8-14-15-9(18)7-17/h8,20H,1-7H2,(H2,13,16). The molecule has 2 aliphatic rings. The van der Waals surface area contributed by atoms with E-state index in [1.54, 1.807) is 11.2 Å². The van der Waals surface area contributed by atoms with Crippen molar-refractivity contribution in [3.05, 3.63) is 12.2 Å². The van der Waals surface area contributed by atoms with Gasteiger partial charge in [0.15, 0.2) is 11.7 Å². The van der Waals surface area contributed by atoms with Gasteiger partial charge in [-0.3, -0.25) is 4.79 Å². The molecule has 1 fully saturated rings. The highest BCUT2D eigenvalue weighted by Crippen LogP contribution is 2.40. The zero-order chi connectivity index (χ0) is 14.2. The molecule has 0 saturated heterocycles. The van der Waals surface area contributed by atoms with Crippen molar-refractivity contribution in [2.75, 3.05) is 6.54 Å². The SMILES string of the molecule is NC(=NO)C1(C(=O)N2CCn3cnnc3C2)CCCC1. The Labute approximate surface area is 116 Å². The lowest BCUT2D eigenvalue weighted by atomic mass is 9.83. The van der Waals surface area contributed by atoms with E-state index in [-0.39, 0.29) is 11.7 Å². The molecule has 1 aliphatic carbocycles. The van der Waals surface area contributed by atoms with E-state index in [0.29, 0.717) is 32.5 Å². The monoisotopic (exact) mass is 278 g/mol. The third-order valence-corrected chi connectivity index (χ3v) is 4.39. The third-order valence-electron chi connectivity index (χ3n) is 4.39. The lowest BCUT2D eigenvalue weighted by Gasteiger charge is -2.35. The summed E-state index contributed by atoms with van der Waals surface area (Å²) in [6, 6.07) is 0. The van der Waals surface area contributed by atoms with Gasteiger partial charge < -0.3 is 20.4 Å². The van der Waals surface area contributed by atoms with Gasteiger partial charge in [-0.2, -0.15) is 0 Å². The van der Waals surface area contributed by atoms with E-state index < -0.39 is 5.41 Å². The average Bonchev–Trinajstić information content (AvgIpc) is 3.14. The Bertz CT molecular complexity index is 546. The predicted octanol–water partition coefficient (Wildman–Crippen LogP) is -0.0729. The van der Waals surface area contributed by atoms with Gasteiger partial charge in [-0.25, -0.2) is 0 Å². The summed E-state index contributed by atoms with van der Waals surface area (Å²) in [6.07, 6.45) is 4.81. The maximum absolute atomic E-state index is 12.9. The van der Waals surface area contributed by atoms with Gasteiger partial charge in [0.2, 0.25) is 5.91 Å². The second-order valence-corrected chi connectivity index (χ2v) is 5.44. The summed E-state index contributed by atoms with van der Waals surface area (Å²) >= 11 is 0. The Kier molecular flexibility index (Phi) is 3.07. The van der Waals surface area contributed by atoms with E-state index in [4.69, 9.17) is 10.9 Å². The van der Waals surface area contributed by atoms with Crippen LogP contribution < -0.4 is 5.73 Å². The van der Waals surface area contributed by atoms with Crippen molar-refractivity contribution in [2.24, 2.45) is 16.3 Å². The number of nitrogens with zero attached hydrogens (tertiary/aromatic N) is 5. The summed E-state index contributed by atoms with van der Waals surface area (Å²) in [4.78, 5) is 14.6. The fourth-order valence-electron chi connectivity index (χ4n) is 3.20. The molecular weight excluding hydrogens is 260 g/mol. The van der Waals surface area contributed by atoms with Gasteiger partial charge in [-0.1, -0.05) is 18.0 Å². The summed E-state index contributed by atoms with van der Waals surface area (Å²) in [7, 11) is 0. The van der Waals surface area contributed by atoms with Gasteiger partial charge in [0.25, 0.3) is 0 Å². The third kappa shape index (κ3) is 1.83. The van der Waals surface area contributed by atoms with Crippen LogP contribution in [0.1, 0.15) is 31.5 Å². The highest BCUT2D eigenvalue weighted by atomic mass is 16.4. The average molecular weight is 278 g/mol. The summed E-state index contributed by atoms with van der Waals surface area (Å²) in [5.41, 5.74) is 4.98. The summed E-state index contributed by atoms with van der Waals surface area (Å²) in [5, 5.41) is 20.0. The van der Waals surface area contributed by atoms with Gasteiger partial charge in [0.05, 0.1) is 6.54 Å². The molecule has 0 aromatic carbocycles. The maximum atomic E-state index is 12.9. The summed E-state index contributed by atoms with van der Waals surface area (Å²) in [5.74, 6) is 0.754. The largest absolute Gasteiger partial charge is 0.409 e. The number of hydrogen-bond acceptors (Lipinski definition) is 5. The minimum atomic E-state index is -0.836. The fraction of sp³-hybridized carbons (Fsp3) is 0.667. The number of oxime groups is 1. The lowest BCUT2D eigenvalue weighted by Crippen LogP contribution is -2.51. The van der Waals surface area contributed by atoms with E-state index in [9.17, 15) is 4.79 Å². The van der Waals surface area contributed by atoms with Crippen LogP contribution in [0.4, 0.5) is 0 Å². The molecule has 0 unspecified atom stereocenters. The molecule has 1 saturated carbocycles. The fourth-order valence-corrected chi connectivity index (χ4v) is 3.20. The highest BCUT2D eigenvalue weighted by Gasteiger charge is 2.48. The number of aromatic nitrogens is 3. The van der Waals surface area contributed by atoms with Crippen LogP contribution in [0.15, 0.2) is 11.5 Å². The summed E-state index contributed by atoms with van der Waals surface area (Å²) in [6.45, 7) is 1.71. The van der Waals surface area contributed by atoms with E-state index in [0.717, 1.165) is 18.7 Å². The molecule has 1 aliphatic heterocycles. The van der Waals surface area contributed by atoms with E-state index >= 15 is 0 Å². The number of carbonyl (C=O) groups excluding carboxylic acids is 1. The van der Waals surface area contributed by atoms with Crippen LogP contribution in [0.5, 0.6) is 0 Å². The van der Waals surface area contributed by atoms with Crippen LogP contribution in [0.25, 0.3) is 0 Å². The molecule has 0 radical (unpaired) electrons. The number of fused-ring (bicyclic) bond motifs is 1. The van der Waals surface area contributed by atoms with Crippen LogP contribution in [-0.4, -0.2) is 43.2 Å². The van der Waals surface area contributed by atoms with Gasteiger partial charge in [-0.15, -0.1) is 10.2 Å². The van der Waals surface area contributed by atoms with Crippen LogP contribution in [0, 0.1) is 5.41 Å². The van der Waals surface area contributed by atoms with Crippen LogP contribution in [0.3, 0.4) is 0 Å². The Hall–Kier alpha value is -2.12. The maximum Gasteiger partial charge on any atom is 0.236 e. The molecule has 0 atom stereocenters. The molecule has 1 aromatic heterocycles. The van der Waals surface area contributed by atoms with Crippen molar-refractivity contribution >= 4 is 11.7 Å². The molecule has 0 spiro atoms. The van der Waals surface area contributed by atoms with Gasteiger partial charge >= 0.3 is 0 Å². The molecule has 20 heavy (non-hydrogen) atoms. The number of hydrogen-bond donors (Lipinski definition) is 2. The summed E-state index contributed by atoms with van der Waals surface area (Å²) < 4.78 is 1.94. The topological polar surface area (TPSA) is 110 Å². The first-order valence-electron chi connectivity index (χ1n) is 6.81. The number of carbonyl (C=O) groups is 1. The van der Waals surface area contributed by atoms with E-state index in [1.165, 1.54) is 0 Å². The van der Waals surface area contributed by atoms with E-state index in [2.05, 4.69) is 15.4 Å². The van der Waals surface area contributed by atoms with Crippen molar-refractivity contribution in [1.82, 2.24) is 19.7 Å². The zero-order valence-electron chi connectivity index (χ0n) is 11.2. The number of amidine groups is 1. The molecule has 8 heteroatoms. The first-order valence-corrected chi connectivity index (χ1v) is 6.81. The number of nitrogens with two attached hydrogens (primary N) is 1. The minimum Gasteiger partial charge on any atom is -0.409 e. The van der Waals surface area contributed by atoms with Crippen LogP contribution in [0.2, 0.25) is 0 Å². The van der Waals surface area contributed by atoms with Crippen LogP contribution in [-0.2, 0) is 17.9 Å². The molecule has 108 valence electrons. The van der Waals surface area contributed by atoms with Gasteiger partial charge in [-0.05, 0) is 12.8 Å². The molecule has 3 rings (SSSR count). The van der Waals surface area contributed by atoms with E-state index in [1.807, 2.05) is 4.57 Å². The van der Waals surface area contributed by atoms with Gasteiger partial charge in [0.1, 0.15) is 11.7 Å². The predicted molar refractivity (Wildman–Crippen MR) is 69.7 cm³/mol. The van der Waals surface area contributed by atoms with Crippen molar-refractivity contribution in [1.29, 1.82) is 0 Å². The Balaban J connectivity index is 1.85. The minimum absolute atomic E-state index is 0.0343. The van der Waals surface area contributed by atoms with Crippen molar-refractivity contribution in [2.45, 2.75) is 38.8 Å². The molecule has 8 nitrogen and oxygen atoms in total. The van der Waals surface area contributed by atoms with Crippen molar-refractivity contribution in [3.8, 4) is 0 Å². The molecule has 0 bridgehead atoms. The second-order valence-electron chi connectivity index (χ2n) is 5.44. The molecule has 1 amide bonds. The van der Waals surface area contributed by atoms with Gasteiger partial charge in [0, 0.05) is 13.1 Å². The lowest BCUT2D eigenvalue weighted by molar-refractivity contribution is -0.139. The number of amides is 1. The molecule has 2 heterocycles. The highest BCUT2D eigenvalue weighted by molar-refractivity contribution is 6.07. The Morgan fingerprint density at radius 1 is 1.40 bits per heavy atom. The normalized spacial score (nSPS) is 21.8. The first-order chi connectivity index (χ1) is 9.67. The molecule has 1 aromatic rings. The Morgan fingerprint density at radius 2 is 2.15 bits per heavy atom. The Morgan fingerprint density at radius 3 is 2.85 bits per heavy atom. The zero-order valence-corrected chi connectivity index (χ0v) is 11.2.